The monoisotopic (exact) mass is 466 g/mol. The second kappa shape index (κ2) is 10.4. The van der Waals surface area contributed by atoms with Crippen LogP contribution in [0.25, 0.3) is 0 Å². The molecule has 170 valence electrons. The molecule has 4 rings (SSSR count). The lowest BCUT2D eigenvalue weighted by molar-refractivity contribution is 0.0697. The van der Waals surface area contributed by atoms with Gasteiger partial charge in [0.05, 0.1) is 6.20 Å². The van der Waals surface area contributed by atoms with Crippen LogP contribution in [0.1, 0.15) is 33.6 Å². The minimum absolute atomic E-state index is 0.0276. The summed E-state index contributed by atoms with van der Waals surface area (Å²) in [5.74, 6) is -0.588. The lowest BCUT2D eigenvalue weighted by atomic mass is 10.0. The number of rotatable bonds is 6. The number of aromatic nitrogens is 2. The summed E-state index contributed by atoms with van der Waals surface area (Å²) in [5, 5.41) is 2.93. The van der Waals surface area contributed by atoms with E-state index in [9.17, 15) is 14.0 Å². The third-order valence-electron chi connectivity index (χ3n) is 5.36. The highest BCUT2D eigenvalue weighted by Gasteiger charge is 2.26. The summed E-state index contributed by atoms with van der Waals surface area (Å²) in [6, 6.07) is 11.7. The van der Waals surface area contributed by atoms with Crippen molar-refractivity contribution in [2.45, 2.75) is 23.8 Å². The molecular weight excluding hydrogens is 443 g/mol. The Labute approximate surface area is 195 Å². The third-order valence-corrected chi connectivity index (χ3v) is 6.09. The summed E-state index contributed by atoms with van der Waals surface area (Å²) < 4.78 is 19.7. The van der Waals surface area contributed by atoms with E-state index in [1.54, 1.807) is 47.3 Å². The van der Waals surface area contributed by atoms with Gasteiger partial charge in [0, 0.05) is 42.0 Å². The Morgan fingerprint density at radius 1 is 1.15 bits per heavy atom. The minimum Gasteiger partial charge on any atom is -0.438 e. The van der Waals surface area contributed by atoms with E-state index < -0.39 is 11.7 Å². The van der Waals surface area contributed by atoms with Gasteiger partial charge in [-0.15, -0.1) is 11.8 Å². The van der Waals surface area contributed by atoms with E-state index in [0.29, 0.717) is 37.2 Å². The van der Waals surface area contributed by atoms with Crippen LogP contribution in [0.3, 0.4) is 0 Å². The molecule has 2 aromatic heterocycles. The molecule has 2 amide bonds. The molecule has 1 saturated heterocycles. The molecule has 0 radical (unpaired) electrons. The molecule has 1 aliphatic heterocycles. The first-order chi connectivity index (χ1) is 16.0. The molecule has 33 heavy (non-hydrogen) atoms. The van der Waals surface area contributed by atoms with Crippen LogP contribution in [0.15, 0.2) is 66.0 Å². The van der Waals surface area contributed by atoms with Crippen LogP contribution in [-0.2, 0) is 0 Å². The normalized spacial score (nSPS) is 14.1. The van der Waals surface area contributed by atoms with E-state index in [1.165, 1.54) is 0 Å². The number of carbonyl (C=O) groups is 2. The maximum atomic E-state index is 13.9. The SMILES string of the molecule is CSc1cccc(Oc2ncc(F)cc2C(=O)NC2CCN(C(=O)c3ccncc3)CC2)c1. The first-order valence-electron chi connectivity index (χ1n) is 10.5. The highest BCUT2D eigenvalue weighted by atomic mass is 32.2. The number of likely N-dealkylation sites (tertiary alicyclic amines) is 1. The first-order valence-corrected chi connectivity index (χ1v) is 11.7. The van der Waals surface area contributed by atoms with Gasteiger partial charge < -0.3 is 15.0 Å². The van der Waals surface area contributed by atoms with Crippen molar-refractivity contribution in [2.24, 2.45) is 0 Å². The van der Waals surface area contributed by atoms with Gasteiger partial charge in [-0.25, -0.2) is 9.37 Å². The zero-order chi connectivity index (χ0) is 23.2. The number of nitrogens with zero attached hydrogens (tertiary/aromatic N) is 3. The molecule has 0 bridgehead atoms. The summed E-state index contributed by atoms with van der Waals surface area (Å²) in [6.07, 6.45) is 7.33. The number of nitrogens with one attached hydrogen (secondary N) is 1. The van der Waals surface area contributed by atoms with Gasteiger partial charge in [-0.05, 0) is 55.5 Å². The van der Waals surface area contributed by atoms with Crippen LogP contribution < -0.4 is 10.1 Å². The summed E-state index contributed by atoms with van der Waals surface area (Å²) in [7, 11) is 0. The van der Waals surface area contributed by atoms with Crippen molar-refractivity contribution < 1.29 is 18.7 Å². The zero-order valence-corrected chi connectivity index (χ0v) is 18.8. The van der Waals surface area contributed by atoms with E-state index in [2.05, 4.69) is 15.3 Å². The fourth-order valence-electron chi connectivity index (χ4n) is 3.61. The number of thioether (sulfide) groups is 1. The second-order valence-electron chi connectivity index (χ2n) is 7.56. The van der Waals surface area contributed by atoms with Crippen LogP contribution in [0, 0.1) is 5.82 Å². The van der Waals surface area contributed by atoms with Crippen molar-refractivity contribution >= 4 is 23.6 Å². The third kappa shape index (κ3) is 5.67. The van der Waals surface area contributed by atoms with Gasteiger partial charge in [0.15, 0.2) is 0 Å². The first kappa shape index (κ1) is 22.7. The fourth-order valence-corrected chi connectivity index (χ4v) is 4.06. The van der Waals surface area contributed by atoms with E-state index in [0.717, 1.165) is 17.2 Å². The predicted molar refractivity (Wildman–Crippen MR) is 123 cm³/mol. The highest BCUT2D eigenvalue weighted by Crippen LogP contribution is 2.27. The molecule has 1 aliphatic rings. The Morgan fingerprint density at radius 3 is 2.64 bits per heavy atom. The molecule has 7 nitrogen and oxygen atoms in total. The average Bonchev–Trinajstić information content (AvgIpc) is 2.85. The topological polar surface area (TPSA) is 84.4 Å². The molecule has 3 aromatic rings. The zero-order valence-electron chi connectivity index (χ0n) is 18.0. The number of piperidine rings is 1. The summed E-state index contributed by atoms with van der Waals surface area (Å²) >= 11 is 1.56. The molecule has 3 heterocycles. The number of hydrogen-bond donors (Lipinski definition) is 1. The number of amides is 2. The van der Waals surface area contributed by atoms with E-state index >= 15 is 0 Å². The molecule has 1 fully saturated rings. The number of benzene rings is 1. The van der Waals surface area contributed by atoms with Crippen LogP contribution in [0.5, 0.6) is 11.6 Å². The molecule has 1 N–H and O–H groups in total. The number of carbonyl (C=O) groups excluding carboxylic acids is 2. The predicted octanol–water partition coefficient (Wildman–Crippen LogP) is 4.16. The van der Waals surface area contributed by atoms with Gasteiger partial charge in [-0.1, -0.05) is 6.07 Å². The largest absolute Gasteiger partial charge is 0.438 e. The molecule has 0 atom stereocenters. The molecule has 0 aliphatic carbocycles. The lowest BCUT2D eigenvalue weighted by Crippen LogP contribution is -2.46. The Balaban J connectivity index is 1.40. The maximum Gasteiger partial charge on any atom is 0.257 e. The van der Waals surface area contributed by atoms with Crippen LogP contribution >= 0.6 is 11.8 Å². The van der Waals surface area contributed by atoms with E-state index in [1.807, 2.05) is 24.5 Å². The summed E-state index contributed by atoms with van der Waals surface area (Å²) in [4.78, 5) is 36.2. The molecule has 0 saturated carbocycles. The second-order valence-corrected chi connectivity index (χ2v) is 8.44. The van der Waals surface area contributed by atoms with Gasteiger partial charge in [0.1, 0.15) is 17.1 Å². The van der Waals surface area contributed by atoms with Crippen molar-refractivity contribution in [3.05, 3.63) is 78.0 Å². The Bertz CT molecular complexity index is 1140. The molecular formula is C24H23FN4O3S. The van der Waals surface area contributed by atoms with Crippen molar-refractivity contribution in [3.8, 4) is 11.6 Å². The van der Waals surface area contributed by atoms with Crippen molar-refractivity contribution in [1.82, 2.24) is 20.2 Å². The average molecular weight is 467 g/mol. The standard InChI is InChI=1S/C24H23FN4O3S/c1-33-20-4-2-3-19(14-20)32-23-21(13-17(25)15-27-23)22(30)28-18-7-11-29(12-8-18)24(31)16-5-9-26-10-6-16/h2-6,9-10,13-15,18H,7-8,11-12H2,1H3,(H,28,30). The molecule has 1 aromatic carbocycles. The summed E-state index contributed by atoms with van der Waals surface area (Å²) in [5.41, 5.74) is 0.616. The summed E-state index contributed by atoms with van der Waals surface area (Å²) in [6.45, 7) is 1.02. The van der Waals surface area contributed by atoms with E-state index in [-0.39, 0.29) is 23.4 Å². The van der Waals surface area contributed by atoms with Gasteiger partial charge in [-0.2, -0.15) is 0 Å². The number of pyridine rings is 2. The lowest BCUT2D eigenvalue weighted by Gasteiger charge is -2.32. The molecule has 9 heteroatoms. The smallest absolute Gasteiger partial charge is 0.257 e. The van der Waals surface area contributed by atoms with Crippen LogP contribution in [0.2, 0.25) is 0 Å². The Kier molecular flexibility index (Phi) is 7.19. The van der Waals surface area contributed by atoms with Crippen LogP contribution in [-0.4, -0.2) is 52.1 Å². The van der Waals surface area contributed by atoms with Gasteiger partial charge in [-0.3, -0.25) is 14.6 Å². The fraction of sp³-hybridized carbons (Fsp3) is 0.250. The van der Waals surface area contributed by atoms with Crippen molar-refractivity contribution in [3.63, 3.8) is 0 Å². The number of ether oxygens (including phenoxy) is 1. The van der Waals surface area contributed by atoms with Gasteiger partial charge >= 0.3 is 0 Å². The van der Waals surface area contributed by atoms with E-state index in [4.69, 9.17) is 4.74 Å². The quantitative estimate of drug-likeness (QED) is 0.549. The number of hydrogen-bond acceptors (Lipinski definition) is 6. The molecule has 0 unspecified atom stereocenters. The molecule has 0 spiro atoms. The Hall–Kier alpha value is -3.46. The van der Waals surface area contributed by atoms with Gasteiger partial charge in [0.25, 0.3) is 11.8 Å². The maximum absolute atomic E-state index is 13.9. The number of halogens is 1. The van der Waals surface area contributed by atoms with Gasteiger partial charge in [0.2, 0.25) is 5.88 Å². The Morgan fingerprint density at radius 2 is 1.91 bits per heavy atom. The van der Waals surface area contributed by atoms with Crippen molar-refractivity contribution in [2.75, 3.05) is 19.3 Å². The van der Waals surface area contributed by atoms with Crippen molar-refractivity contribution in [1.29, 1.82) is 0 Å². The highest BCUT2D eigenvalue weighted by molar-refractivity contribution is 7.98. The minimum atomic E-state index is -0.622. The van der Waals surface area contributed by atoms with Crippen LogP contribution in [0.4, 0.5) is 4.39 Å².